The highest BCUT2D eigenvalue weighted by molar-refractivity contribution is 5.81. The van der Waals surface area contributed by atoms with Gasteiger partial charge < -0.3 is 9.15 Å². The average molecular weight is 278 g/mol. The third kappa shape index (κ3) is 3.07. The van der Waals surface area contributed by atoms with Crippen molar-refractivity contribution in [1.29, 1.82) is 0 Å². The van der Waals surface area contributed by atoms with Gasteiger partial charge in [0.2, 0.25) is 5.89 Å². The summed E-state index contributed by atoms with van der Waals surface area (Å²) in [4.78, 5) is 21.2. The van der Waals surface area contributed by atoms with Crippen LogP contribution in [0.15, 0.2) is 28.7 Å². The first-order valence-corrected chi connectivity index (χ1v) is 5.62. The molecule has 20 heavy (non-hydrogen) atoms. The molecule has 0 radical (unpaired) electrons. The summed E-state index contributed by atoms with van der Waals surface area (Å²) in [7, 11) is 0. The number of benzene rings is 1. The Hall–Kier alpha value is -2.97. The number of anilines is 1. The van der Waals surface area contributed by atoms with Crippen molar-refractivity contribution in [1.82, 2.24) is 10.2 Å². The summed E-state index contributed by atoms with van der Waals surface area (Å²) in [6.07, 6.45) is -0.702. The van der Waals surface area contributed by atoms with Crippen molar-refractivity contribution in [2.75, 3.05) is 11.9 Å². The number of nitro benzene ring substituents is 1. The summed E-state index contributed by atoms with van der Waals surface area (Å²) < 4.78 is 9.83. The van der Waals surface area contributed by atoms with Gasteiger partial charge in [-0.25, -0.2) is 10.1 Å². The van der Waals surface area contributed by atoms with Gasteiger partial charge in [0.1, 0.15) is 0 Å². The largest absolute Gasteiger partial charge is 0.450 e. The highest BCUT2D eigenvalue weighted by atomic mass is 16.6. The quantitative estimate of drug-likeness (QED) is 0.672. The van der Waals surface area contributed by atoms with E-state index in [-0.39, 0.29) is 24.2 Å². The third-order valence-corrected chi connectivity index (χ3v) is 2.23. The van der Waals surface area contributed by atoms with Crippen LogP contribution in [0, 0.1) is 10.1 Å². The SMILES string of the molecule is CCOC(=O)Nc1nnc(-c2ccc([N+](=O)[O-])cc2)o1. The van der Waals surface area contributed by atoms with Crippen molar-refractivity contribution in [3.05, 3.63) is 34.4 Å². The zero-order chi connectivity index (χ0) is 14.5. The topological polar surface area (TPSA) is 120 Å². The van der Waals surface area contributed by atoms with E-state index in [1.165, 1.54) is 24.3 Å². The molecule has 9 heteroatoms. The van der Waals surface area contributed by atoms with Crippen LogP contribution in [0.2, 0.25) is 0 Å². The van der Waals surface area contributed by atoms with Crippen molar-refractivity contribution in [2.24, 2.45) is 0 Å². The Balaban J connectivity index is 2.12. The number of hydrogen-bond acceptors (Lipinski definition) is 7. The lowest BCUT2D eigenvalue weighted by Gasteiger charge is -1.99. The fraction of sp³-hybridized carbons (Fsp3) is 0.182. The van der Waals surface area contributed by atoms with Crippen molar-refractivity contribution in [3.8, 4) is 11.5 Å². The highest BCUT2D eigenvalue weighted by Crippen LogP contribution is 2.22. The number of nitrogens with one attached hydrogen (secondary N) is 1. The predicted octanol–water partition coefficient (Wildman–Crippen LogP) is 2.21. The van der Waals surface area contributed by atoms with Gasteiger partial charge >= 0.3 is 12.1 Å². The summed E-state index contributed by atoms with van der Waals surface area (Å²) in [5.74, 6) is 0.131. The molecule has 1 heterocycles. The summed E-state index contributed by atoms with van der Waals surface area (Å²) in [5, 5.41) is 20.1. The second-order valence-electron chi connectivity index (χ2n) is 3.56. The third-order valence-electron chi connectivity index (χ3n) is 2.23. The predicted molar refractivity (Wildman–Crippen MR) is 67.0 cm³/mol. The summed E-state index contributed by atoms with van der Waals surface area (Å²) in [5.41, 5.74) is 0.457. The van der Waals surface area contributed by atoms with E-state index in [0.717, 1.165) is 0 Å². The van der Waals surface area contributed by atoms with Gasteiger partial charge in [-0.15, -0.1) is 5.10 Å². The molecule has 0 unspecified atom stereocenters. The van der Waals surface area contributed by atoms with E-state index in [1.54, 1.807) is 6.92 Å². The minimum atomic E-state index is -0.702. The normalized spacial score (nSPS) is 10.1. The van der Waals surface area contributed by atoms with Crippen LogP contribution < -0.4 is 5.32 Å². The zero-order valence-electron chi connectivity index (χ0n) is 10.4. The molecule has 0 aliphatic rings. The maximum absolute atomic E-state index is 11.1. The summed E-state index contributed by atoms with van der Waals surface area (Å²) >= 11 is 0. The van der Waals surface area contributed by atoms with Gasteiger partial charge in [-0.2, -0.15) is 0 Å². The van der Waals surface area contributed by atoms with Crippen molar-refractivity contribution in [3.63, 3.8) is 0 Å². The van der Waals surface area contributed by atoms with Crippen LogP contribution in [0.5, 0.6) is 0 Å². The molecular weight excluding hydrogens is 268 g/mol. The number of hydrogen-bond donors (Lipinski definition) is 1. The standard InChI is InChI=1S/C11H10N4O5/c1-2-19-11(16)12-10-14-13-9(20-10)7-3-5-8(6-4-7)15(17)18/h3-6H,2H2,1H3,(H,12,14,16). The molecule has 0 aliphatic heterocycles. The highest BCUT2D eigenvalue weighted by Gasteiger charge is 2.13. The van der Waals surface area contributed by atoms with E-state index in [2.05, 4.69) is 20.3 Å². The van der Waals surface area contributed by atoms with E-state index in [4.69, 9.17) is 4.42 Å². The van der Waals surface area contributed by atoms with Crippen molar-refractivity contribution < 1.29 is 18.9 Å². The van der Waals surface area contributed by atoms with Crippen LogP contribution >= 0.6 is 0 Å². The minimum absolute atomic E-state index is 0.0434. The Bertz CT molecular complexity index is 622. The molecule has 0 aliphatic carbocycles. The Kier molecular flexibility index (Phi) is 3.89. The van der Waals surface area contributed by atoms with Crippen molar-refractivity contribution >= 4 is 17.8 Å². The molecule has 2 aromatic rings. The van der Waals surface area contributed by atoms with Gasteiger partial charge in [-0.05, 0) is 19.1 Å². The number of nitrogens with zero attached hydrogens (tertiary/aromatic N) is 3. The van der Waals surface area contributed by atoms with Crippen molar-refractivity contribution in [2.45, 2.75) is 6.92 Å². The monoisotopic (exact) mass is 278 g/mol. The number of ether oxygens (including phenoxy) is 1. The molecule has 0 spiro atoms. The lowest BCUT2D eigenvalue weighted by molar-refractivity contribution is -0.384. The Morgan fingerprint density at radius 2 is 2.10 bits per heavy atom. The number of amides is 1. The molecule has 1 amide bonds. The number of rotatable bonds is 4. The fourth-order valence-corrected chi connectivity index (χ4v) is 1.37. The van der Waals surface area contributed by atoms with Crippen LogP contribution in [-0.2, 0) is 4.74 Å². The van der Waals surface area contributed by atoms with Gasteiger partial charge in [-0.1, -0.05) is 5.10 Å². The van der Waals surface area contributed by atoms with Gasteiger partial charge in [0, 0.05) is 17.7 Å². The molecule has 2 rings (SSSR count). The summed E-state index contributed by atoms with van der Waals surface area (Å²) in [6, 6.07) is 5.46. The van der Waals surface area contributed by atoms with Gasteiger partial charge in [0.05, 0.1) is 11.5 Å². The van der Waals surface area contributed by atoms with E-state index in [0.29, 0.717) is 5.56 Å². The van der Waals surface area contributed by atoms with E-state index < -0.39 is 11.0 Å². The molecule has 1 aromatic heterocycles. The van der Waals surface area contributed by atoms with E-state index >= 15 is 0 Å². The van der Waals surface area contributed by atoms with Gasteiger partial charge in [0.15, 0.2) is 0 Å². The van der Waals surface area contributed by atoms with Crippen LogP contribution in [0.4, 0.5) is 16.5 Å². The fourth-order valence-electron chi connectivity index (χ4n) is 1.37. The number of non-ortho nitro benzene ring substituents is 1. The van der Waals surface area contributed by atoms with Crippen LogP contribution in [0.1, 0.15) is 6.92 Å². The minimum Gasteiger partial charge on any atom is -0.450 e. The molecule has 0 bridgehead atoms. The number of carbonyl (C=O) groups is 1. The van der Waals surface area contributed by atoms with Crippen LogP contribution in [0.3, 0.4) is 0 Å². The first kappa shape index (κ1) is 13.5. The molecule has 0 atom stereocenters. The Morgan fingerprint density at radius 1 is 1.40 bits per heavy atom. The maximum atomic E-state index is 11.1. The molecule has 0 saturated carbocycles. The molecule has 104 valence electrons. The lowest BCUT2D eigenvalue weighted by Crippen LogP contribution is -2.13. The van der Waals surface area contributed by atoms with E-state index in [1.807, 2.05) is 0 Å². The molecule has 1 aromatic carbocycles. The molecular formula is C11H10N4O5. The Labute approximate surface area is 112 Å². The lowest BCUT2D eigenvalue weighted by atomic mass is 10.2. The molecule has 1 N–H and O–H groups in total. The molecule has 0 fully saturated rings. The second kappa shape index (κ2) is 5.78. The molecule has 0 saturated heterocycles. The van der Waals surface area contributed by atoms with Gasteiger partial charge in [0.25, 0.3) is 5.69 Å². The Morgan fingerprint density at radius 3 is 2.70 bits per heavy atom. The second-order valence-corrected chi connectivity index (χ2v) is 3.56. The number of nitro groups is 1. The van der Waals surface area contributed by atoms with E-state index in [9.17, 15) is 14.9 Å². The number of aromatic nitrogens is 2. The maximum Gasteiger partial charge on any atom is 0.415 e. The smallest absolute Gasteiger partial charge is 0.415 e. The number of carbonyl (C=O) groups excluding carboxylic acids is 1. The molecule has 9 nitrogen and oxygen atoms in total. The van der Waals surface area contributed by atoms with Gasteiger partial charge in [-0.3, -0.25) is 10.1 Å². The van der Waals surface area contributed by atoms with Crippen LogP contribution in [0.25, 0.3) is 11.5 Å². The first-order valence-electron chi connectivity index (χ1n) is 5.62. The summed E-state index contributed by atoms with van der Waals surface area (Å²) in [6.45, 7) is 1.88. The van der Waals surface area contributed by atoms with Crippen LogP contribution in [-0.4, -0.2) is 27.8 Å². The first-order chi connectivity index (χ1) is 9.60. The average Bonchev–Trinajstić information content (AvgIpc) is 2.87. The zero-order valence-corrected chi connectivity index (χ0v) is 10.4.